The number of hydrogen-bond acceptors (Lipinski definition) is 4. The van der Waals surface area contributed by atoms with Gasteiger partial charge in [-0.1, -0.05) is 12.1 Å². The van der Waals surface area contributed by atoms with Crippen LogP contribution in [0, 0.1) is 0 Å². The molecule has 0 aliphatic heterocycles. The number of benzene rings is 1. The first-order chi connectivity index (χ1) is 9.90. The highest BCUT2D eigenvalue weighted by atomic mass is 16.6. The van der Waals surface area contributed by atoms with Crippen molar-refractivity contribution in [1.82, 2.24) is 0 Å². The van der Waals surface area contributed by atoms with E-state index in [2.05, 4.69) is 10.1 Å². The van der Waals surface area contributed by atoms with E-state index in [1.807, 2.05) is 45.0 Å². The molecule has 0 saturated carbocycles. The summed E-state index contributed by atoms with van der Waals surface area (Å²) in [7, 11) is 0. The van der Waals surface area contributed by atoms with Crippen LogP contribution in [0.1, 0.15) is 39.2 Å². The van der Waals surface area contributed by atoms with Gasteiger partial charge in [0.15, 0.2) is 0 Å². The normalized spacial score (nSPS) is 10.8. The van der Waals surface area contributed by atoms with Gasteiger partial charge in [0, 0.05) is 5.69 Å². The van der Waals surface area contributed by atoms with E-state index in [1.54, 1.807) is 0 Å². The summed E-state index contributed by atoms with van der Waals surface area (Å²) in [5.74, 6) is 0. The van der Waals surface area contributed by atoms with Crippen molar-refractivity contribution in [3.05, 3.63) is 29.8 Å². The third-order valence-electron chi connectivity index (χ3n) is 2.64. The lowest BCUT2D eigenvalue weighted by atomic mass is 10.1. The molecule has 5 heteroatoms. The zero-order chi connectivity index (χ0) is 15.7. The zero-order valence-electron chi connectivity index (χ0n) is 12.8. The molecule has 116 valence electrons. The number of carbonyl (C=O) groups is 2. The molecule has 0 bridgehead atoms. The molecule has 1 N–H and O–H groups in total. The Morgan fingerprint density at radius 1 is 1.19 bits per heavy atom. The Bertz CT molecular complexity index is 448. The molecular formula is C16H23NO4. The third-order valence-corrected chi connectivity index (χ3v) is 2.64. The monoisotopic (exact) mass is 293 g/mol. The minimum absolute atomic E-state index is 0.457. The number of ether oxygens (including phenoxy) is 2. The van der Waals surface area contributed by atoms with Crippen LogP contribution in [0.5, 0.6) is 0 Å². The van der Waals surface area contributed by atoms with Gasteiger partial charge >= 0.3 is 6.09 Å². The molecule has 0 heterocycles. The highest BCUT2D eigenvalue weighted by Gasteiger charge is 2.15. The smallest absolute Gasteiger partial charge is 0.412 e. The van der Waals surface area contributed by atoms with Crippen LogP contribution >= 0.6 is 0 Å². The van der Waals surface area contributed by atoms with Crippen LogP contribution in [0.3, 0.4) is 0 Å². The maximum atomic E-state index is 11.6. The van der Waals surface area contributed by atoms with Crippen LogP contribution in [0.2, 0.25) is 0 Å². The number of unbranched alkanes of at least 4 members (excludes halogenated alkanes) is 1. The number of anilines is 1. The van der Waals surface area contributed by atoms with Crippen molar-refractivity contribution >= 4 is 18.3 Å². The standard InChI is InChI=1S/C16H23NO4/c1-16(2,3)21-15(19)17-14-9-7-13(8-10-14)6-4-5-11-20-12-18/h7-10,12H,4-6,11H2,1-3H3,(H,17,19). The summed E-state index contributed by atoms with van der Waals surface area (Å²) in [6.45, 7) is 6.40. The number of rotatable bonds is 7. The van der Waals surface area contributed by atoms with Crippen molar-refractivity contribution in [2.45, 2.75) is 45.6 Å². The fourth-order valence-corrected chi connectivity index (χ4v) is 1.74. The number of carbonyl (C=O) groups excluding carboxylic acids is 2. The van der Waals surface area contributed by atoms with Gasteiger partial charge in [-0.05, 0) is 57.7 Å². The summed E-state index contributed by atoms with van der Waals surface area (Å²) in [5.41, 5.74) is 1.38. The lowest BCUT2D eigenvalue weighted by Crippen LogP contribution is -2.27. The van der Waals surface area contributed by atoms with Crippen molar-refractivity contribution in [1.29, 1.82) is 0 Å². The number of amides is 1. The zero-order valence-corrected chi connectivity index (χ0v) is 12.8. The Hall–Kier alpha value is -2.04. The van der Waals surface area contributed by atoms with E-state index in [0.717, 1.165) is 19.3 Å². The number of hydrogen-bond donors (Lipinski definition) is 1. The fraction of sp³-hybridized carbons (Fsp3) is 0.500. The lowest BCUT2D eigenvalue weighted by Gasteiger charge is -2.19. The summed E-state index contributed by atoms with van der Waals surface area (Å²) in [4.78, 5) is 21.6. The Morgan fingerprint density at radius 3 is 2.43 bits per heavy atom. The van der Waals surface area contributed by atoms with Gasteiger partial charge in [0.1, 0.15) is 5.60 Å². The van der Waals surface area contributed by atoms with Gasteiger partial charge in [-0.25, -0.2) is 4.79 Å². The highest BCUT2D eigenvalue weighted by Crippen LogP contribution is 2.14. The van der Waals surface area contributed by atoms with Gasteiger partial charge in [0.25, 0.3) is 6.47 Å². The van der Waals surface area contributed by atoms with Gasteiger partial charge in [0.2, 0.25) is 0 Å². The molecule has 0 fully saturated rings. The van der Waals surface area contributed by atoms with Crippen LogP contribution in [-0.2, 0) is 20.7 Å². The van der Waals surface area contributed by atoms with E-state index < -0.39 is 11.7 Å². The van der Waals surface area contributed by atoms with Crippen LogP contribution in [-0.4, -0.2) is 24.8 Å². The van der Waals surface area contributed by atoms with E-state index in [0.29, 0.717) is 18.8 Å². The minimum Gasteiger partial charge on any atom is -0.468 e. The maximum Gasteiger partial charge on any atom is 0.412 e. The summed E-state index contributed by atoms with van der Waals surface area (Å²) >= 11 is 0. The summed E-state index contributed by atoms with van der Waals surface area (Å²) < 4.78 is 9.81. The second-order valence-electron chi connectivity index (χ2n) is 5.75. The summed E-state index contributed by atoms with van der Waals surface area (Å²) in [6, 6.07) is 7.63. The third kappa shape index (κ3) is 7.97. The summed E-state index contributed by atoms with van der Waals surface area (Å²) in [6.07, 6.45) is 2.25. The molecule has 1 amide bonds. The van der Waals surface area contributed by atoms with Crippen molar-refractivity contribution in [2.75, 3.05) is 11.9 Å². The van der Waals surface area contributed by atoms with Crippen LogP contribution < -0.4 is 5.32 Å². The molecule has 0 aromatic heterocycles. The quantitative estimate of drug-likeness (QED) is 0.617. The molecule has 21 heavy (non-hydrogen) atoms. The predicted octanol–water partition coefficient (Wildman–Crippen LogP) is 3.53. The molecule has 1 aromatic rings. The van der Waals surface area contributed by atoms with E-state index in [1.165, 1.54) is 5.56 Å². The summed E-state index contributed by atoms with van der Waals surface area (Å²) in [5, 5.41) is 2.69. The molecular weight excluding hydrogens is 270 g/mol. The molecule has 5 nitrogen and oxygen atoms in total. The average molecular weight is 293 g/mol. The van der Waals surface area contributed by atoms with Gasteiger partial charge in [-0.15, -0.1) is 0 Å². The molecule has 0 atom stereocenters. The second-order valence-corrected chi connectivity index (χ2v) is 5.75. The maximum absolute atomic E-state index is 11.6. The molecule has 1 rings (SSSR count). The van der Waals surface area contributed by atoms with E-state index in [9.17, 15) is 9.59 Å². The first-order valence-electron chi connectivity index (χ1n) is 7.05. The van der Waals surface area contributed by atoms with E-state index in [4.69, 9.17) is 4.74 Å². The van der Waals surface area contributed by atoms with Gasteiger partial charge in [-0.2, -0.15) is 0 Å². The Labute approximate surface area is 125 Å². The predicted molar refractivity (Wildman–Crippen MR) is 81.3 cm³/mol. The van der Waals surface area contributed by atoms with Gasteiger partial charge in [0.05, 0.1) is 6.61 Å². The first kappa shape index (κ1) is 17.0. The molecule has 0 aliphatic carbocycles. The van der Waals surface area contributed by atoms with E-state index in [-0.39, 0.29) is 0 Å². The largest absolute Gasteiger partial charge is 0.468 e. The average Bonchev–Trinajstić information content (AvgIpc) is 2.38. The fourth-order valence-electron chi connectivity index (χ4n) is 1.74. The van der Waals surface area contributed by atoms with Crippen LogP contribution in [0.4, 0.5) is 10.5 Å². The molecule has 0 radical (unpaired) electrons. The Morgan fingerprint density at radius 2 is 1.86 bits per heavy atom. The molecule has 0 unspecified atom stereocenters. The number of nitrogens with one attached hydrogen (secondary N) is 1. The van der Waals surface area contributed by atoms with Gasteiger partial charge < -0.3 is 9.47 Å². The van der Waals surface area contributed by atoms with Crippen molar-refractivity contribution < 1.29 is 19.1 Å². The van der Waals surface area contributed by atoms with Crippen LogP contribution in [0.25, 0.3) is 0 Å². The molecule has 0 saturated heterocycles. The highest BCUT2D eigenvalue weighted by molar-refractivity contribution is 5.84. The van der Waals surface area contributed by atoms with Crippen molar-refractivity contribution in [2.24, 2.45) is 0 Å². The van der Waals surface area contributed by atoms with Crippen molar-refractivity contribution in [3.8, 4) is 0 Å². The number of aryl methyl sites for hydroxylation is 1. The first-order valence-corrected chi connectivity index (χ1v) is 7.05. The van der Waals surface area contributed by atoms with Gasteiger partial charge in [-0.3, -0.25) is 10.1 Å². The van der Waals surface area contributed by atoms with Crippen molar-refractivity contribution in [3.63, 3.8) is 0 Å². The SMILES string of the molecule is CC(C)(C)OC(=O)Nc1ccc(CCCCOC=O)cc1. The topological polar surface area (TPSA) is 64.6 Å². The molecule has 0 aliphatic rings. The van der Waals surface area contributed by atoms with E-state index >= 15 is 0 Å². The Kier molecular flexibility index (Phi) is 6.72. The Balaban J connectivity index is 2.36. The minimum atomic E-state index is -0.506. The lowest BCUT2D eigenvalue weighted by molar-refractivity contribution is -0.128. The molecule has 1 aromatic carbocycles. The molecule has 0 spiro atoms. The second kappa shape index (κ2) is 8.29. The van der Waals surface area contributed by atoms with Crippen LogP contribution in [0.15, 0.2) is 24.3 Å².